The minimum atomic E-state index is -1.10. The molecular formula is C9H18N2O4. The highest BCUT2D eigenvalue weighted by Gasteiger charge is 2.15. The van der Waals surface area contributed by atoms with Gasteiger partial charge < -0.3 is 21.3 Å². The molecule has 0 spiro atoms. The number of rotatable bonds is 7. The van der Waals surface area contributed by atoms with E-state index in [1.54, 1.807) is 6.92 Å². The normalized spacial score (nSPS) is 14.3. The van der Waals surface area contributed by atoms with Crippen molar-refractivity contribution in [1.29, 1.82) is 0 Å². The van der Waals surface area contributed by atoms with E-state index in [4.69, 9.17) is 15.9 Å². The highest BCUT2D eigenvalue weighted by molar-refractivity contribution is 5.85. The molecule has 0 saturated heterocycles. The van der Waals surface area contributed by atoms with Crippen molar-refractivity contribution in [3.8, 4) is 0 Å². The van der Waals surface area contributed by atoms with Crippen molar-refractivity contribution < 1.29 is 19.8 Å². The number of aliphatic hydroxyl groups excluding tert-OH is 1. The van der Waals surface area contributed by atoms with E-state index in [0.717, 1.165) is 0 Å². The van der Waals surface area contributed by atoms with Crippen molar-refractivity contribution in [3.05, 3.63) is 0 Å². The minimum absolute atomic E-state index is 0.373. The van der Waals surface area contributed by atoms with Crippen LogP contribution in [0.2, 0.25) is 0 Å². The van der Waals surface area contributed by atoms with Gasteiger partial charge in [0.25, 0.3) is 0 Å². The first kappa shape index (κ1) is 13.9. The lowest BCUT2D eigenvalue weighted by molar-refractivity contribution is -0.139. The molecule has 15 heavy (non-hydrogen) atoms. The molecule has 0 aliphatic carbocycles. The zero-order valence-corrected chi connectivity index (χ0v) is 8.77. The average Bonchev–Trinajstić information content (AvgIpc) is 2.10. The van der Waals surface area contributed by atoms with E-state index in [1.807, 2.05) is 0 Å². The SMILES string of the molecule is CC(O)CCCNC(=O)C(N)CC(=O)O. The summed E-state index contributed by atoms with van der Waals surface area (Å²) in [6, 6.07) is -1.01. The van der Waals surface area contributed by atoms with Crippen LogP contribution in [0.5, 0.6) is 0 Å². The molecule has 0 radical (unpaired) electrons. The van der Waals surface area contributed by atoms with Gasteiger partial charge in [-0.1, -0.05) is 0 Å². The zero-order chi connectivity index (χ0) is 11.8. The molecule has 2 atom stereocenters. The maximum atomic E-state index is 11.2. The van der Waals surface area contributed by atoms with Gasteiger partial charge in [0.1, 0.15) is 0 Å². The number of carbonyl (C=O) groups excluding carboxylic acids is 1. The van der Waals surface area contributed by atoms with Gasteiger partial charge >= 0.3 is 5.97 Å². The van der Waals surface area contributed by atoms with Gasteiger partial charge in [-0.15, -0.1) is 0 Å². The quantitative estimate of drug-likeness (QED) is 0.412. The predicted octanol–water partition coefficient (Wildman–Crippen LogP) is -0.934. The van der Waals surface area contributed by atoms with Crippen LogP contribution in [0.1, 0.15) is 26.2 Å². The third-order valence-electron chi connectivity index (χ3n) is 1.83. The molecule has 0 saturated carbocycles. The second-order valence-corrected chi connectivity index (χ2v) is 3.49. The van der Waals surface area contributed by atoms with Crippen molar-refractivity contribution in [2.24, 2.45) is 5.73 Å². The smallest absolute Gasteiger partial charge is 0.305 e. The minimum Gasteiger partial charge on any atom is -0.481 e. The Morgan fingerprint density at radius 2 is 2.07 bits per heavy atom. The van der Waals surface area contributed by atoms with Crippen LogP contribution in [0.4, 0.5) is 0 Å². The van der Waals surface area contributed by atoms with Crippen LogP contribution in [0, 0.1) is 0 Å². The Hall–Kier alpha value is -1.14. The Morgan fingerprint density at radius 3 is 2.53 bits per heavy atom. The predicted molar refractivity (Wildman–Crippen MR) is 54.2 cm³/mol. The molecule has 1 amide bonds. The van der Waals surface area contributed by atoms with Gasteiger partial charge in [0, 0.05) is 6.54 Å². The second-order valence-electron chi connectivity index (χ2n) is 3.49. The maximum Gasteiger partial charge on any atom is 0.305 e. The topological polar surface area (TPSA) is 113 Å². The summed E-state index contributed by atoms with van der Waals surface area (Å²) in [4.78, 5) is 21.4. The highest BCUT2D eigenvalue weighted by Crippen LogP contribution is 1.94. The molecule has 0 heterocycles. The fraction of sp³-hybridized carbons (Fsp3) is 0.778. The van der Waals surface area contributed by atoms with Crippen LogP contribution < -0.4 is 11.1 Å². The lowest BCUT2D eigenvalue weighted by Gasteiger charge is -2.10. The molecule has 6 heteroatoms. The van der Waals surface area contributed by atoms with Gasteiger partial charge in [-0.3, -0.25) is 9.59 Å². The summed E-state index contributed by atoms with van der Waals surface area (Å²) < 4.78 is 0. The largest absolute Gasteiger partial charge is 0.481 e. The number of carboxylic acid groups (broad SMARTS) is 1. The van der Waals surface area contributed by atoms with Crippen molar-refractivity contribution in [2.45, 2.75) is 38.3 Å². The second kappa shape index (κ2) is 7.19. The lowest BCUT2D eigenvalue weighted by atomic mass is 10.2. The van der Waals surface area contributed by atoms with E-state index in [2.05, 4.69) is 5.32 Å². The molecule has 0 rings (SSSR count). The first-order valence-electron chi connectivity index (χ1n) is 4.86. The van der Waals surface area contributed by atoms with Crippen LogP contribution in [-0.4, -0.2) is 40.8 Å². The zero-order valence-electron chi connectivity index (χ0n) is 8.77. The number of hydrogen-bond donors (Lipinski definition) is 4. The molecule has 5 N–H and O–H groups in total. The van der Waals surface area contributed by atoms with Crippen molar-refractivity contribution in [1.82, 2.24) is 5.32 Å². The molecule has 0 aliphatic heterocycles. The van der Waals surface area contributed by atoms with Gasteiger partial charge in [0.15, 0.2) is 0 Å². The van der Waals surface area contributed by atoms with Gasteiger partial charge in [-0.05, 0) is 19.8 Å². The maximum absolute atomic E-state index is 11.2. The molecule has 0 fully saturated rings. The summed E-state index contributed by atoms with van der Waals surface area (Å²) in [7, 11) is 0. The van der Waals surface area contributed by atoms with E-state index in [-0.39, 0.29) is 6.42 Å². The fourth-order valence-corrected chi connectivity index (χ4v) is 1.02. The van der Waals surface area contributed by atoms with Crippen LogP contribution in [0.3, 0.4) is 0 Å². The first-order chi connectivity index (χ1) is 6.93. The summed E-state index contributed by atoms with van der Waals surface area (Å²) in [5.41, 5.74) is 5.32. The average molecular weight is 218 g/mol. The Labute approximate surface area is 88.5 Å². The first-order valence-corrected chi connectivity index (χ1v) is 4.86. The van der Waals surface area contributed by atoms with Gasteiger partial charge in [0.05, 0.1) is 18.6 Å². The number of carboxylic acids is 1. The number of nitrogens with two attached hydrogens (primary N) is 1. The van der Waals surface area contributed by atoms with Gasteiger partial charge in [0.2, 0.25) is 5.91 Å². The van der Waals surface area contributed by atoms with E-state index < -0.39 is 24.0 Å². The van der Waals surface area contributed by atoms with Crippen LogP contribution >= 0.6 is 0 Å². The molecule has 2 unspecified atom stereocenters. The van der Waals surface area contributed by atoms with Crippen molar-refractivity contribution >= 4 is 11.9 Å². The van der Waals surface area contributed by atoms with Crippen LogP contribution in [0.25, 0.3) is 0 Å². The number of aliphatic hydroxyl groups is 1. The Morgan fingerprint density at radius 1 is 1.47 bits per heavy atom. The number of nitrogens with one attached hydrogen (secondary N) is 1. The van der Waals surface area contributed by atoms with E-state index in [0.29, 0.717) is 19.4 Å². The van der Waals surface area contributed by atoms with Crippen LogP contribution in [-0.2, 0) is 9.59 Å². The third-order valence-corrected chi connectivity index (χ3v) is 1.83. The highest BCUT2D eigenvalue weighted by atomic mass is 16.4. The lowest BCUT2D eigenvalue weighted by Crippen LogP contribution is -2.42. The van der Waals surface area contributed by atoms with E-state index >= 15 is 0 Å². The summed E-state index contributed by atoms with van der Waals surface area (Å²) in [5.74, 6) is -1.57. The number of amides is 1. The summed E-state index contributed by atoms with van der Waals surface area (Å²) in [5, 5.41) is 19.8. The molecule has 88 valence electrons. The Balaban J connectivity index is 3.60. The summed E-state index contributed by atoms with van der Waals surface area (Å²) in [6.45, 7) is 2.06. The number of hydrogen-bond acceptors (Lipinski definition) is 4. The van der Waals surface area contributed by atoms with E-state index in [9.17, 15) is 9.59 Å². The molecule has 0 bridgehead atoms. The van der Waals surface area contributed by atoms with Crippen molar-refractivity contribution in [3.63, 3.8) is 0 Å². The standard InChI is InChI=1S/C9H18N2O4/c1-6(12)3-2-4-11-9(15)7(10)5-8(13)14/h6-7,12H,2-5,10H2,1H3,(H,11,15)(H,13,14). The van der Waals surface area contributed by atoms with Gasteiger partial charge in [-0.25, -0.2) is 0 Å². The number of aliphatic carboxylic acids is 1. The Kier molecular flexibility index (Phi) is 6.64. The molecule has 0 aliphatic rings. The Bertz CT molecular complexity index is 218. The van der Waals surface area contributed by atoms with Crippen LogP contribution in [0.15, 0.2) is 0 Å². The van der Waals surface area contributed by atoms with Crippen molar-refractivity contribution in [2.75, 3.05) is 6.54 Å². The molecule has 0 aromatic rings. The molecule has 0 aromatic heterocycles. The fourth-order valence-electron chi connectivity index (χ4n) is 1.02. The monoisotopic (exact) mass is 218 g/mol. The number of carbonyl (C=O) groups is 2. The molecular weight excluding hydrogens is 200 g/mol. The van der Waals surface area contributed by atoms with E-state index in [1.165, 1.54) is 0 Å². The molecule has 6 nitrogen and oxygen atoms in total. The summed E-state index contributed by atoms with van der Waals surface area (Å²) >= 11 is 0. The third kappa shape index (κ3) is 7.90. The summed E-state index contributed by atoms with van der Waals surface area (Å²) in [6.07, 6.45) is 0.467. The van der Waals surface area contributed by atoms with Gasteiger partial charge in [-0.2, -0.15) is 0 Å². The molecule has 0 aromatic carbocycles.